The molecule has 29 heavy (non-hydrogen) atoms. The molecule has 0 aliphatic carbocycles. The van der Waals surface area contributed by atoms with E-state index in [0.29, 0.717) is 18.0 Å². The summed E-state index contributed by atoms with van der Waals surface area (Å²) in [7, 11) is 0. The Bertz CT molecular complexity index is 676. The highest BCUT2D eigenvalue weighted by Gasteiger charge is 2.14. The largest absolute Gasteiger partial charge is 0.491 e. The first-order valence-corrected chi connectivity index (χ1v) is 10.9. The average Bonchev–Trinajstić information content (AvgIpc) is 2.75. The quantitative estimate of drug-likeness (QED) is 0.321. The van der Waals surface area contributed by atoms with E-state index in [1.54, 1.807) is 19.1 Å². The van der Waals surface area contributed by atoms with Crippen molar-refractivity contribution in [2.75, 3.05) is 6.61 Å². The first-order chi connectivity index (χ1) is 14.1. The van der Waals surface area contributed by atoms with Crippen LogP contribution >= 0.6 is 0 Å². The van der Waals surface area contributed by atoms with Gasteiger partial charge in [0.2, 0.25) is 0 Å². The first kappa shape index (κ1) is 23.2. The van der Waals surface area contributed by atoms with Crippen LogP contribution in [0.2, 0.25) is 0 Å². The number of benzene rings is 1. The van der Waals surface area contributed by atoms with E-state index < -0.39 is 12.3 Å². The summed E-state index contributed by atoms with van der Waals surface area (Å²) in [5.41, 5.74) is 2.05. The van der Waals surface area contributed by atoms with E-state index in [0.717, 1.165) is 17.5 Å². The molecule has 0 saturated heterocycles. The van der Waals surface area contributed by atoms with Gasteiger partial charge in [0.1, 0.15) is 24.7 Å². The zero-order chi connectivity index (χ0) is 20.9. The Morgan fingerprint density at radius 2 is 1.52 bits per heavy atom. The van der Waals surface area contributed by atoms with Crippen LogP contribution in [0.25, 0.3) is 11.4 Å². The Hall–Kier alpha value is -2.04. The smallest absolute Gasteiger partial charge is 0.159 e. The van der Waals surface area contributed by atoms with Crippen LogP contribution in [-0.2, 0) is 6.42 Å². The zero-order valence-corrected chi connectivity index (χ0v) is 17.7. The summed E-state index contributed by atoms with van der Waals surface area (Å²) in [5.74, 6) is 1.22. The Kier molecular flexibility index (Phi) is 10.6. The Labute approximate surface area is 173 Å². The van der Waals surface area contributed by atoms with Crippen molar-refractivity contribution in [3.63, 3.8) is 0 Å². The summed E-state index contributed by atoms with van der Waals surface area (Å²) in [6.07, 6.45) is 10.3. The number of aromatic nitrogens is 2. The summed E-state index contributed by atoms with van der Waals surface area (Å²) in [6.45, 7) is 3.80. The Balaban J connectivity index is 1.77. The normalized spacial score (nSPS) is 13.2. The minimum Gasteiger partial charge on any atom is -0.491 e. The second-order valence-corrected chi connectivity index (χ2v) is 7.61. The molecule has 2 unspecified atom stereocenters. The van der Waals surface area contributed by atoms with Gasteiger partial charge in [-0.2, -0.15) is 0 Å². The van der Waals surface area contributed by atoms with Gasteiger partial charge in [0.15, 0.2) is 5.82 Å². The molecule has 2 rings (SSSR count). The fourth-order valence-electron chi connectivity index (χ4n) is 3.14. The van der Waals surface area contributed by atoms with Crippen LogP contribution in [0, 0.1) is 0 Å². The van der Waals surface area contributed by atoms with Gasteiger partial charge in [0, 0.05) is 24.4 Å². The third kappa shape index (κ3) is 8.88. The summed E-state index contributed by atoms with van der Waals surface area (Å²) in [5, 5.41) is 0. The number of aryl methyl sites for hydroxylation is 1. The molecule has 0 aliphatic heterocycles. The van der Waals surface area contributed by atoms with Crippen molar-refractivity contribution >= 4 is 0 Å². The molecule has 0 aliphatic rings. The lowest BCUT2D eigenvalue weighted by atomic mass is 10.1. The molecule has 1 aromatic carbocycles. The second kappa shape index (κ2) is 13.2. The summed E-state index contributed by atoms with van der Waals surface area (Å²) in [4.78, 5) is 8.94. The molecule has 1 heterocycles. The molecular weight excluding hydrogens is 370 g/mol. The molecule has 1 aromatic heterocycles. The van der Waals surface area contributed by atoms with Crippen molar-refractivity contribution < 1.29 is 13.5 Å². The van der Waals surface area contributed by atoms with Crippen molar-refractivity contribution in [1.29, 1.82) is 0 Å². The summed E-state index contributed by atoms with van der Waals surface area (Å²) >= 11 is 0. The topological polar surface area (TPSA) is 35.0 Å². The highest BCUT2D eigenvalue weighted by molar-refractivity contribution is 5.55. The zero-order valence-electron chi connectivity index (χ0n) is 17.7. The number of hydrogen-bond donors (Lipinski definition) is 0. The summed E-state index contributed by atoms with van der Waals surface area (Å²) in [6, 6.07) is 7.25. The van der Waals surface area contributed by atoms with Crippen LogP contribution < -0.4 is 4.74 Å². The van der Waals surface area contributed by atoms with Gasteiger partial charge in [-0.05, 0) is 49.1 Å². The molecule has 5 heteroatoms. The van der Waals surface area contributed by atoms with E-state index in [2.05, 4.69) is 16.9 Å². The molecule has 0 spiro atoms. The maximum absolute atomic E-state index is 13.7. The third-order valence-corrected chi connectivity index (χ3v) is 5.02. The molecule has 0 N–H and O–H groups in total. The van der Waals surface area contributed by atoms with Gasteiger partial charge < -0.3 is 4.74 Å². The first-order valence-electron chi connectivity index (χ1n) is 10.9. The average molecular weight is 405 g/mol. The van der Waals surface area contributed by atoms with Crippen LogP contribution in [0.1, 0.15) is 70.8 Å². The maximum Gasteiger partial charge on any atom is 0.159 e. The van der Waals surface area contributed by atoms with Crippen molar-refractivity contribution in [2.45, 2.75) is 84.0 Å². The molecule has 0 radical (unpaired) electrons. The van der Waals surface area contributed by atoms with Crippen LogP contribution in [0.4, 0.5) is 8.78 Å². The number of hydrogen-bond acceptors (Lipinski definition) is 3. The van der Waals surface area contributed by atoms with E-state index in [-0.39, 0.29) is 13.0 Å². The van der Waals surface area contributed by atoms with E-state index in [9.17, 15) is 8.78 Å². The molecule has 160 valence electrons. The molecule has 0 amide bonds. The molecular formula is C24H34F2N2O. The lowest BCUT2D eigenvalue weighted by Crippen LogP contribution is -2.17. The van der Waals surface area contributed by atoms with Gasteiger partial charge in [-0.1, -0.05) is 46.0 Å². The molecule has 0 fully saturated rings. The highest BCUT2D eigenvalue weighted by atomic mass is 19.1. The second-order valence-electron chi connectivity index (χ2n) is 7.61. The SMILES string of the molecule is CCCCCCCCc1cnc(-c2ccc(OCC(F)CC(F)CC)cc2)nc1. The minimum absolute atomic E-state index is 0.118. The molecule has 0 saturated carbocycles. The number of nitrogens with zero attached hydrogens (tertiary/aromatic N) is 2. The van der Waals surface area contributed by atoms with Gasteiger partial charge in [-0.3, -0.25) is 0 Å². The highest BCUT2D eigenvalue weighted by Crippen LogP contribution is 2.20. The monoisotopic (exact) mass is 404 g/mol. The fraction of sp³-hybridized carbons (Fsp3) is 0.583. The number of alkyl halides is 2. The predicted octanol–water partition coefficient (Wildman–Crippen LogP) is 6.90. The standard InChI is InChI=1S/C24H34F2N2O/c1-3-5-6-7-8-9-10-19-16-27-24(28-17-19)20-11-13-23(14-12-20)29-18-22(26)15-21(25)4-2/h11-14,16-17,21-22H,3-10,15,18H2,1-2H3. The fourth-order valence-corrected chi connectivity index (χ4v) is 3.14. The number of ether oxygens (including phenoxy) is 1. The van der Waals surface area contributed by atoms with Gasteiger partial charge in [0.25, 0.3) is 0 Å². The van der Waals surface area contributed by atoms with Crippen molar-refractivity contribution in [3.8, 4) is 17.1 Å². The van der Waals surface area contributed by atoms with Crippen molar-refractivity contribution in [2.24, 2.45) is 0 Å². The van der Waals surface area contributed by atoms with E-state index in [1.165, 1.54) is 38.5 Å². The van der Waals surface area contributed by atoms with Crippen LogP contribution in [0.5, 0.6) is 5.75 Å². The van der Waals surface area contributed by atoms with Crippen molar-refractivity contribution in [3.05, 3.63) is 42.2 Å². The number of halogens is 2. The number of rotatable bonds is 14. The Morgan fingerprint density at radius 3 is 2.17 bits per heavy atom. The van der Waals surface area contributed by atoms with Gasteiger partial charge in [-0.25, -0.2) is 18.7 Å². The van der Waals surface area contributed by atoms with Gasteiger partial charge in [-0.15, -0.1) is 0 Å². The summed E-state index contributed by atoms with van der Waals surface area (Å²) < 4.78 is 32.3. The van der Waals surface area contributed by atoms with Gasteiger partial charge >= 0.3 is 0 Å². The van der Waals surface area contributed by atoms with Crippen molar-refractivity contribution in [1.82, 2.24) is 9.97 Å². The molecule has 2 aromatic rings. The third-order valence-electron chi connectivity index (χ3n) is 5.02. The van der Waals surface area contributed by atoms with Gasteiger partial charge in [0.05, 0.1) is 0 Å². The molecule has 0 bridgehead atoms. The lowest BCUT2D eigenvalue weighted by Gasteiger charge is -2.12. The lowest BCUT2D eigenvalue weighted by molar-refractivity contribution is 0.149. The van der Waals surface area contributed by atoms with E-state index in [1.807, 2.05) is 24.5 Å². The van der Waals surface area contributed by atoms with E-state index in [4.69, 9.17) is 4.74 Å². The minimum atomic E-state index is -1.30. The molecule has 3 nitrogen and oxygen atoms in total. The van der Waals surface area contributed by atoms with Crippen LogP contribution in [-0.4, -0.2) is 28.9 Å². The van der Waals surface area contributed by atoms with E-state index >= 15 is 0 Å². The molecule has 2 atom stereocenters. The maximum atomic E-state index is 13.7. The predicted molar refractivity (Wildman–Crippen MR) is 115 cm³/mol. The van der Waals surface area contributed by atoms with Crippen LogP contribution in [0.3, 0.4) is 0 Å². The number of unbranched alkanes of at least 4 members (excludes halogenated alkanes) is 5. The Morgan fingerprint density at radius 1 is 0.862 bits per heavy atom. The van der Waals surface area contributed by atoms with Crippen LogP contribution in [0.15, 0.2) is 36.7 Å².